The molecular weight excluding hydrogens is 354 g/mol. The molecule has 134 valence electrons. The average molecular weight is 371 g/mol. The van der Waals surface area contributed by atoms with Crippen LogP contribution in [-0.4, -0.2) is 34.2 Å². The molecule has 1 amide bonds. The van der Waals surface area contributed by atoms with Crippen molar-refractivity contribution >= 4 is 40.4 Å². The lowest BCUT2D eigenvalue weighted by atomic mass is 10.2. The molecule has 3 N–H and O–H groups in total. The fraction of sp³-hybridized carbons (Fsp3) is 0.167. The summed E-state index contributed by atoms with van der Waals surface area (Å²) in [5.74, 6) is -1.01. The molecule has 0 aliphatic heterocycles. The van der Waals surface area contributed by atoms with Gasteiger partial charge in [-0.3, -0.25) is 4.79 Å². The second kappa shape index (κ2) is 7.49. The first-order valence-corrected chi connectivity index (χ1v) is 9.07. The van der Waals surface area contributed by atoms with Crippen molar-refractivity contribution in [3.63, 3.8) is 0 Å². The molecule has 0 spiro atoms. The molecule has 26 heavy (non-hydrogen) atoms. The van der Waals surface area contributed by atoms with Crippen LogP contribution in [0.2, 0.25) is 0 Å². The van der Waals surface area contributed by atoms with E-state index < -0.39 is 18.0 Å². The number of thioether (sulfide) groups is 1. The summed E-state index contributed by atoms with van der Waals surface area (Å²) in [5, 5.41) is 2.67. The predicted octanol–water partition coefficient (Wildman–Crippen LogP) is 2.76. The van der Waals surface area contributed by atoms with Crippen LogP contribution in [0.15, 0.2) is 52.2 Å². The predicted molar refractivity (Wildman–Crippen MR) is 101 cm³/mol. The van der Waals surface area contributed by atoms with Gasteiger partial charge in [0, 0.05) is 10.6 Å². The highest BCUT2D eigenvalue weighted by molar-refractivity contribution is 7.98. The van der Waals surface area contributed by atoms with E-state index >= 15 is 0 Å². The minimum absolute atomic E-state index is 0.321. The Morgan fingerprint density at radius 3 is 2.62 bits per heavy atom. The minimum Gasteiger partial charge on any atom is -0.449 e. The summed E-state index contributed by atoms with van der Waals surface area (Å²) in [6, 6.07) is 12.0. The number of rotatable bonds is 5. The van der Waals surface area contributed by atoms with Gasteiger partial charge in [-0.15, -0.1) is 11.8 Å². The van der Waals surface area contributed by atoms with E-state index in [1.165, 1.54) is 18.7 Å². The van der Waals surface area contributed by atoms with Crippen molar-refractivity contribution in [2.45, 2.75) is 17.9 Å². The quantitative estimate of drug-likeness (QED) is 0.473. The lowest BCUT2D eigenvalue weighted by Gasteiger charge is -2.14. The number of fused-ring (bicyclic) bond motifs is 1. The molecule has 3 rings (SSSR count). The van der Waals surface area contributed by atoms with Crippen LogP contribution in [0.4, 0.5) is 5.69 Å². The number of nitrogens with one attached hydrogen (secondary N) is 3. The number of imidazole rings is 1. The van der Waals surface area contributed by atoms with Gasteiger partial charge in [0.15, 0.2) is 6.10 Å². The summed E-state index contributed by atoms with van der Waals surface area (Å²) in [7, 11) is 0. The Morgan fingerprint density at radius 1 is 1.12 bits per heavy atom. The van der Waals surface area contributed by atoms with Crippen molar-refractivity contribution in [1.82, 2.24) is 9.97 Å². The number of aromatic nitrogens is 2. The van der Waals surface area contributed by atoms with Crippen molar-refractivity contribution in [3.05, 3.63) is 58.5 Å². The van der Waals surface area contributed by atoms with Crippen LogP contribution in [0, 0.1) is 0 Å². The Balaban J connectivity index is 1.68. The van der Waals surface area contributed by atoms with Crippen LogP contribution in [0.3, 0.4) is 0 Å². The Bertz CT molecular complexity index is 1020. The number of esters is 1. The zero-order valence-corrected chi connectivity index (χ0v) is 15.0. The summed E-state index contributed by atoms with van der Waals surface area (Å²) in [5.41, 5.74) is 1.81. The number of hydrogen-bond donors (Lipinski definition) is 3. The van der Waals surface area contributed by atoms with E-state index in [4.69, 9.17) is 4.74 Å². The molecule has 1 aromatic heterocycles. The molecule has 0 radical (unpaired) electrons. The van der Waals surface area contributed by atoms with Gasteiger partial charge in [-0.1, -0.05) is 12.1 Å². The van der Waals surface area contributed by atoms with Gasteiger partial charge < -0.3 is 20.0 Å². The molecule has 0 unspecified atom stereocenters. The van der Waals surface area contributed by atoms with E-state index in [0.29, 0.717) is 22.3 Å². The second-order valence-electron chi connectivity index (χ2n) is 5.58. The average Bonchev–Trinajstić information content (AvgIpc) is 3.00. The molecular formula is C18H17N3O4S. The Kier molecular flexibility index (Phi) is 5.13. The zero-order chi connectivity index (χ0) is 18.7. The maximum absolute atomic E-state index is 12.3. The lowest BCUT2D eigenvalue weighted by Crippen LogP contribution is -2.30. The molecule has 0 aliphatic rings. The number of carbonyl (C=O) groups excluding carboxylic acids is 2. The van der Waals surface area contributed by atoms with Gasteiger partial charge in [0.25, 0.3) is 5.91 Å². The van der Waals surface area contributed by atoms with Crippen LogP contribution >= 0.6 is 11.8 Å². The highest BCUT2D eigenvalue weighted by Gasteiger charge is 2.20. The standard InChI is InChI=1S/C18H17N3O4S/c1-10(25-17(23)12-5-3-4-6-15(12)26-2)16(22)19-11-7-8-13-14(9-11)21-18(24)20-13/h3-10H,1-2H3,(H,19,22)(H2,20,21,24)/t10-/m0/s1. The van der Waals surface area contributed by atoms with Gasteiger partial charge in [-0.25, -0.2) is 9.59 Å². The van der Waals surface area contributed by atoms with Crippen LogP contribution < -0.4 is 11.0 Å². The largest absolute Gasteiger partial charge is 0.449 e. The van der Waals surface area contributed by atoms with Crippen molar-refractivity contribution in [2.75, 3.05) is 11.6 Å². The number of ether oxygens (including phenoxy) is 1. The SMILES string of the molecule is CSc1ccccc1C(=O)O[C@@H](C)C(=O)Nc1ccc2[nH]c(=O)[nH]c2c1. The number of benzene rings is 2. The molecule has 0 saturated heterocycles. The lowest BCUT2D eigenvalue weighted by molar-refractivity contribution is -0.123. The van der Waals surface area contributed by atoms with Crippen molar-refractivity contribution in [3.8, 4) is 0 Å². The maximum Gasteiger partial charge on any atom is 0.340 e. The van der Waals surface area contributed by atoms with Crippen LogP contribution in [0.5, 0.6) is 0 Å². The fourth-order valence-electron chi connectivity index (χ4n) is 2.45. The molecule has 0 aliphatic carbocycles. The second-order valence-corrected chi connectivity index (χ2v) is 6.42. The molecule has 2 aromatic carbocycles. The van der Waals surface area contributed by atoms with Gasteiger partial charge in [-0.05, 0) is 43.5 Å². The highest BCUT2D eigenvalue weighted by atomic mass is 32.2. The third kappa shape index (κ3) is 3.80. The van der Waals surface area contributed by atoms with Gasteiger partial charge in [0.2, 0.25) is 0 Å². The van der Waals surface area contributed by atoms with Crippen LogP contribution in [0.1, 0.15) is 17.3 Å². The molecule has 3 aromatic rings. The molecule has 1 atom stereocenters. The molecule has 1 heterocycles. The Labute approximate surface area is 153 Å². The molecule has 0 bridgehead atoms. The van der Waals surface area contributed by atoms with Crippen LogP contribution in [-0.2, 0) is 9.53 Å². The first-order valence-electron chi connectivity index (χ1n) is 7.85. The zero-order valence-electron chi connectivity index (χ0n) is 14.2. The van der Waals surface area contributed by atoms with E-state index in [0.717, 1.165) is 4.90 Å². The molecule has 7 nitrogen and oxygen atoms in total. The van der Waals surface area contributed by atoms with Crippen molar-refractivity contribution < 1.29 is 14.3 Å². The van der Waals surface area contributed by atoms with Gasteiger partial charge >= 0.3 is 11.7 Å². The summed E-state index contributed by atoms with van der Waals surface area (Å²) in [6.07, 6.45) is 0.891. The minimum atomic E-state index is -0.974. The van der Waals surface area contributed by atoms with Gasteiger partial charge in [0.1, 0.15) is 0 Å². The normalized spacial score (nSPS) is 11.9. The Hall–Kier alpha value is -3.00. The number of H-pyrrole nitrogens is 2. The smallest absolute Gasteiger partial charge is 0.340 e. The number of amides is 1. The maximum atomic E-state index is 12.3. The number of anilines is 1. The highest BCUT2D eigenvalue weighted by Crippen LogP contribution is 2.21. The van der Waals surface area contributed by atoms with Gasteiger partial charge in [-0.2, -0.15) is 0 Å². The Morgan fingerprint density at radius 2 is 1.85 bits per heavy atom. The first kappa shape index (κ1) is 17.8. The fourth-order valence-corrected chi connectivity index (χ4v) is 3.03. The number of carbonyl (C=O) groups is 2. The molecule has 0 fully saturated rings. The van der Waals surface area contributed by atoms with E-state index in [1.54, 1.807) is 30.3 Å². The third-order valence-electron chi connectivity index (χ3n) is 3.76. The van der Waals surface area contributed by atoms with E-state index in [9.17, 15) is 14.4 Å². The van der Waals surface area contributed by atoms with E-state index in [-0.39, 0.29) is 5.69 Å². The first-order chi connectivity index (χ1) is 12.5. The third-order valence-corrected chi connectivity index (χ3v) is 4.56. The van der Waals surface area contributed by atoms with Gasteiger partial charge in [0.05, 0.1) is 16.6 Å². The van der Waals surface area contributed by atoms with Crippen molar-refractivity contribution in [1.29, 1.82) is 0 Å². The molecule has 8 heteroatoms. The van der Waals surface area contributed by atoms with Crippen LogP contribution in [0.25, 0.3) is 11.0 Å². The number of aromatic amines is 2. The summed E-state index contributed by atoms with van der Waals surface area (Å²) in [4.78, 5) is 41.9. The van der Waals surface area contributed by atoms with E-state index in [1.807, 2.05) is 18.4 Å². The van der Waals surface area contributed by atoms with E-state index in [2.05, 4.69) is 15.3 Å². The molecule has 0 saturated carbocycles. The summed E-state index contributed by atoms with van der Waals surface area (Å²) in [6.45, 7) is 1.51. The topological polar surface area (TPSA) is 104 Å². The monoisotopic (exact) mass is 371 g/mol. The number of hydrogen-bond acceptors (Lipinski definition) is 5. The van der Waals surface area contributed by atoms with Crippen molar-refractivity contribution in [2.24, 2.45) is 0 Å². The summed E-state index contributed by atoms with van der Waals surface area (Å²) >= 11 is 1.43. The summed E-state index contributed by atoms with van der Waals surface area (Å²) < 4.78 is 5.28.